The van der Waals surface area contributed by atoms with Crippen LogP contribution in [0.2, 0.25) is 5.02 Å². The number of halogens is 1. The van der Waals surface area contributed by atoms with E-state index in [9.17, 15) is 14.9 Å². The number of hydrogen-bond donors (Lipinski definition) is 2. The average molecular weight is 398 g/mol. The van der Waals surface area contributed by atoms with Gasteiger partial charge < -0.3 is 10.6 Å². The van der Waals surface area contributed by atoms with Crippen molar-refractivity contribution in [2.75, 3.05) is 10.6 Å². The lowest BCUT2D eigenvalue weighted by Gasteiger charge is -2.34. The fourth-order valence-electron chi connectivity index (χ4n) is 4.05. The highest BCUT2D eigenvalue weighted by Gasteiger charge is 2.40. The third-order valence-corrected chi connectivity index (χ3v) is 5.46. The van der Waals surface area contributed by atoms with Crippen LogP contribution in [0.3, 0.4) is 0 Å². The summed E-state index contributed by atoms with van der Waals surface area (Å²) in [7, 11) is 0. The first-order valence-electron chi connectivity index (χ1n) is 9.08. The molecule has 2 N–H and O–H groups in total. The lowest BCUT2D eigenvalue weighted by molar-refractivity contribution is -0.385. The number of Topliss-reactive ketones (excluding diaryl/α,β-unsaturated/α-hetero) is 1. The van der Waals surface area contributed by atoms with Crippen LogP contribution >= 0.6 is 11.6 Å². The number of nitrogens with one attached hydrogen (secondary N) is 2. The molecular weight excluding hydrogens is 378 g/mol. The maximum absolute atomic E-state index is 13.1. The quantitative estimate of drug-likeness (QED) is 0.518. The van der Waals surface area contributed by atoms with E-state index in [4.69, 9.17) is 11.6 Å². The first-order chi connectivity index (χ1) is 13.2. The molecule has 2 aliphatic rings. The number of nitro benzene ring substituents is 1. The highest BCUT2D eigenvalue weighted by atomic mass is 35.5. The predicted molar refractivity (Wildman–Crippen MR) is 110 cm³/mol. The number of para-hydroxylation sites is 1. The Labute approximate surface area is 167 Å². The van der Waals surface area contributed by atoms with Crippen LogP contribution < -0.4 is 10.6 Å². The van der Waals surface area contributed by atoms with Crippen molar-refractivity contribution in [1.82, 2.24) is 0 Å². The van der Waals surface area contributed by atoms with E-state index in [1.807, 2.05) is 6.07 Å². The van der Waals surface area contributed by atoms with Gasteiger partial charge in [0.05, 0.1) is 27.9 Å². The maximum Gasteiger partial charge on any atom is 0.275 e. The number of rotatable bonds is 2. The van der Waals surface area contributed by atoms with Crippen LogP contribution in [0.4, 0.5) is 17.1 Å². The summed E-state index contributed by atoms with van der Waals surface area (Å²) in [5.41, 5.74) is 3.11. The lowest BCUT2D eigenvalue weighted by Crippen LogP contribution is -2.31. The van der Waals surface area contributed by atoms with Crippen LogP contribution in [0.25, 0.3) is 0 Å². The SMILES string of the molecule is CC1(C)CC(=O)C2=C(C1)Nc1ccc(Cl)cc1NC2c1ccccc1[N+](=O)[O-]. The molecular formula is C21H20ClN3O3. The van der Waals surface area contributed by atoms with Gasteiger partial charge in [0.15, 0.2) is 5.78 Å². The fraction of sp³-hybridized carbons (Fsp3) is 0.286. The van der Waals surface area contributed by atoms with Gasteiger partial charge in [-0.1, -0.05) is 37.6 Å². The minimum Gasteiger partial charge on any atom is -0.372 e. The van der Waals surface area contributed by atoms with Crippen molar-refractivity contribution in [3.05, 3.63) is 74.4 Å². The molecule has 1 aliphatic carbocycles. The van der Waals surface area contributed by atoms with Gasteiger partial charge in [-0.2, -0.15) is 0 Å². The van der Waals surface area contributed by atoms with Crippen molar-refractivity contribution in [2.45, 2.75) is 32.7 Å². The van der Waals surface area contributed by atoms with E-state index < -0.39 is 11.0 Å². The number of benzene rings is 2. The summed E-state index contributed by atoms with van der Waals surface area (Å²) < 4.78 is 0. The Kier molecular flexibility index (Phi) is 4.38. The molecule has 0 spiro atoms. The van der Waals surface area contributed by atoms with Gasteiger partial charge in [-0.25, -0.2) is 0 Å². The number of anilines is 2. The van der Waals surface area contributed by atoms with Gasteiger partial charge >= 0.3 is 0 Å². The number of allylic oxidation sites excluding steroid dienone is 1. The van der Waals surface area contributed by atoms with E-state index in [0.29, 0.717) is 34.7 Å². The molecule has 2 aromatic carbocycles. The van der Waals surface area contributed by atoms with Crippen molar-refractivity contribution in [1.29, 1.82) is 0 Å². The number of carbonyl (C=O) groups is 1. The molecule has 0 bridgehead atoms. The zero-order chi connectivity index (χ0) is 20.1. The molecule has 0 amide bonds. The van der Waals surface area contributed by atoms with Gasteiger partial charge in [-0.3, -0.25) is 14.9 Å². The Morgan fingerprint density at radius 1 is 1.14 bits per heavy atom. The molecule has 0 fully saturated rings. The lowest BCUT2D eigenvalue weighted by atomic mass is 9.73. The predicted octanol–water partition coefficient (Wildman–Crippen LogP) is 5.47. The maximum atomic E-state index is 13.1. The number of fused-ring (bicyclic) bond motifs is 1. The zero-order valence-electron chi connectivity index (χ0n) is 15.6. The van der Waals surface area contributed by atoms with Gasteiger partial charge in [0, 0.05) is 28.8 Å². The van der Waals surface area contributed by atoms with E-state index in [1.165, 1.54) is 6.07 Å². The summed E-state index contributed by atoms with van der Waals surface area (Å²) in [4.78, 5) is 24.4. The van der Waals surface area contributed by atoms with E-state index >= 15 is 0 Å². The fourth-order valence-corrected chi connectivity index (χ4v) is 4.22. The molecule has 4 rings (SSSR count). The summed E-state index contributed by atoms with van der Waals surface area (Å²) in [6, 6.07) is 11.3. The Morgan fingerprint density at radius 3 is 2.64 bits per heavy atom. The van der Waals surface area contributed by atoms with Crippen LogP contribution in [0, 0.1) is 15.5 Å². The standard InChI is InChI=1S/C21H20ClN3O3/c1-21(2)10-16-19(18(26)11-21)20(13-5-3-4-6-17(13)25(27)28)24-15-9-12(22)7-8-14(15)23-16/h3-9,20,23-24H,10-11H2,1-2H3. The van der Waals surface area contributed by atoms with Crippen LogP contribution in [0.15, 0.2) is 53.7 Å². The van der Waals surface area contributed by atoms with Crippen LogP contribution in [0.1, 0.15) is 38.3 Å². The van der Waals surface area contributed by atoms with E-state index in [1.54, 1.807) is 30.3 Å². The molecule has 0 radical (unpaired) electrons. The molecule has 0 saturated carbocycles. The Morgan fingerprint density at radius 2 is 1.89 bits per heavy atom. The number of nitrogens with zero attached hydrogens (tertiary/aromatic N) is 1. The number of ketones is 1. The van der Waals surface area contributed by atoms with Crippen LogP contribution in [-0.4, -0.2) is 10.7 Å². The third-order valence-electron chi connectivity index (χ3n) is 5.22. The summed E-state index contributed by atoms with van der Waals surface area (Å²) in [5.74, 6) is -0.00620. The Hall–Kier alpha value is -2.86. The van der Waals surface area contributed by atoms with Gasteiger partial charge in [-0.15, -0.1) is 0 Å². The van der Waals surface area contributed by atoms with E-state index in [-0.39, 0.29) is 16.9 Å². The largest absolute Gasteiger partial charge is 0.372 e. The van der Waals surface area contributed by atoms with Crippen molar-refractivity contribution in [2.24, 2.45) is 5.41 Å². The van der Waals surface area contributed by atoms with Crippen molar-refractivity contribution in [3.8, 4) is 0 Å². The van der Waals surface area contributed by atoms with Crippen LogP contribution in [-0.2, 0) is 4.79 Å². The molecule has 144 valence electrons. The highest BCUT2D eigenvalue weighted by molar-refractivity contribution is 6.31. The van der Waals surface area contributed by atoms with Gasteiger partial charge in [0.2, 0.25) is 0 Å². The minimum atomic E-state index is -0.632. The van der Waals surface area contributed by atoms with Crippen molar-refractivity contribution < 1.29 is 9.72 Å². The molecule has 0 aromatic heterocycles. The van der Waals surface area contributed by atoms with Crippen molar-refractivity contribution >= 4 is 34.4 Å². The Bertz CT molecular complexity index is 1030. The molecule has 1 aliphatic heterocycles. The van der Waals surface area contributed by atoms with Crippen LogP contribution in [0.5, 0.6) is 0 Å². The second kappa shape index (κ2) is 6.63. The second-order valence-electron chi connectivity index (χ2n) is 8.04. The summed E-state index contributed by atoms with van der Waals surface area (Å²) in [5, 5.41) is 18.9. The highest BCUT2D eigenvalue weighted by Crippen LogP contribution is 2.47. The third kappa shape index (κ3) is 3.24. The minimum absolute atomic E-state index is 0.00620. The number of nitro groups is 1. The Balaban J connectivity index is 1.94. The monoisotopic (exact) mass is 397 g/mol. The van der Waals surface area contributed by atoms with Crippen molar-refractivity contribution in [3.63, 3.8) is 0 Å². The van der Waals surface area contributed by atoms with Gasteiger partial charge in [0.25, 0.3) is 5.69 Å². The molecule has 6 nitrogen and oxygen atoms in total. The summed E-state index contributed by atoms with van der Waals surface area (Å²) >= 11 is 6.18. The summed E-state index contributed by atoms with van der Waals surface area (Å²) in [6.07, 6.45) is 1.07. The average Bonchev–Trinajstić information content (AvgIpc) is 2.76. The van der Waals surface area contributed by atoms with Gasteiger partial charge in [-0.05, 0) is 36.1 Å². The molecule has 28 heavy (non-hydrogen) atoms. The molecule has 1 unspecified atom stereocenters. The molecule has 1 atom stereocenters. The normalized spacial score (nSPS) is 20.4. The molecule has 7 heteroatoms. The molecule has 2 aromatic rings. The number of hydrogen-bond acceptors (Lipinski definition) is 5. The molecule has 1 heterocycles. The number of carbonyl (C=O) groups excluding carboxylic acids is 1. The first kappa shape index (κ1) is 18.5. The van der Waals surface area contributed by atoms with E-state index in [0.717, 1.165) is 11.4 Å². The van der Waals surface area contributed by atoms with E-state index in [2.05, 4.69) is 24.5 Å². The second-order valence-corrected chi connectivity index (χ2v) is 8.48. The molecule has 0 saturated heterocycles. The van der Waals surface area contributed by atoms with Gasteiger partial charge in [0.1, 0.15) is 0 Å². The summed E-state index contributed by atoms with van der Waals surface area (Å²) in [6.45, 7) is 4.11. The zero-order valence-corrected chi connectivity index (χ0v) is 16.3. The first-order valence-corrected chi connectivity index (χ1v) is 9.46. The topological polar surface area (TPSA) is 84.3 Å². The smallest absolute Gasteiger partial charge is 0.275 e.